The van der Waals surface area contributed by atoms with E-state index in [0.29, 0.717) is 0 Å². The Bertz CT molecular complexity index is 2780. The van der Waals surface area contributed by atoms with E-state index in [1.807, 2.05) is 0 Å². The maximum Gasteiger partial charge on any atom is 0.143 e. The summed E-state index contributed by atoms with van der Waals surface area (Å²) >= 11 is 0. The van der Waals surface area contributed by atoms with Crippen LogP contribution in [0.1, 0.15) is 0 Å². The Morgan fingerprint density at radius 1 is 0.288 bits per heavy atom. The first-order valence-corrected chi connectivity index (χ1v) is 17.8. The molecule has 52 heavy (non-hydrogen) atoms. The van der Waals surface area contributed by atoms with Crippen molar-refractivity contribution in [3.8, 4) is 44.5 Å². The summed E-state index contributed by atoms with van der Waals surface area (Å²) in [6.45, 7) is 0. The molecule has 10 rings (SSSR count). The second-order valence-electron chi connectivity index (χ2n) is 13.3. The molecule has 0 N–H and O–H groups in total. The van der Waals surface area contributed by atoms with Crippen molar-refractivity contribution >= 4 is 49.8 Å². The van der Waals surface area contributed by atoms with Gasteiger partial charge in [0.25, 0.3) is 0 Å². The minimum atomic E-state index is 0.944. The molecule has 0 amide bonds. The molecule has 0 unspecified atom stereocenters. The molecule has 0 radical (unpaired) electrons. The Kier molecular flexibility index (Phi) is 7.18. The second-order valence-corrected chi connectivity index (χ2v) is 13.3. The van der Waals surface area contributed by atoms with Gasteiger partial charge in [-0.1, -0.05) is 152 Å². The Balaban J connectivity index is 0.909. The number of nitrogens with zero attached hydrogens (tertiary/aromatic N) is 1. The van der Waals surface area contributed by atoms with Gasteiger partial charge in [-0.3, -0.25) is 0 Å². The third-order valence-corrected chi connectivity index (χ3v) is 10.3. The Labute approximate surface area is 302 Å². The van der Waals surface area contributed by atoms with Crippen molar-refractivity contribution in [2.45, 2.75) is 0 Å². The zero-order chi connectivity index (χ0) is 34.4. The minimum Gasteiger partial charge on any atom is -0.455 e. The Morgan fingerprint density at radius 3 is 1.27 bits per heavy atom. The van der Waals surface area contributed by atoms with Gasteiger partial charge in [-0.05, 0) is 98.2 Å². The van der Waals surface area contributed by atoms with Gasteiger partial charge in [0.15, 0.2) is 0 Å². The van der Waals surface area contributed by atoms with Crippen molar-refractivity contribution < 1.29 is 4.42 Å². The van der Waals surface area contributed by atoms with Crippen LogP contribution >= 0.6 is 0 Å². The van der Waals surface area contributed by atoms with Crippen molar-refractivity contribution in [2.24, 2.45) is 0 Å². The predicted octanol–water partition coefficient (Wildman–Crippen LogP) is 14.3. The number of hydrogen-bond acceptors (Lipinski definition) is 2. The first-order valence-electron chi connectivity index (χ1n) is 17.8. The third kappa shape index (κ3) is 5.21. The predicted molar refractivity (Wildman–Crippen MR) is 219 cm³/mol. The van der Waals surface area contributed by atoms with E-state index in [0.717, 1.165) is 39.4 Å². The van der Waals surface area contributed by atoms with Crippen molar-refractivity contribution in [3.63, 3.8) is 0 Å². The van der Waals surface area contributed by atoms with Crippen LogP contribution in [0.25, 0.3) is 77.2 Å². The maximum atomic E-state index is 6.45. The fourth-order valence-corrected chi connectivity index (χ4v) is 7.62. The molecule has 0 saturated heterocycles. The first-order chi connectivity index (χ1) is 25.8. The number of rotatable bonds is 7. The molecule has 244 valence electrons. The SMILES string of the molecule is c1ccc(-c2ccc(N(c3ccccc3)c3ccc(-c4ccc(-c5ccc(-c6ccc7ccc8cccc9oc6c7c89)cc5)cc4)cc3)cc2)cc1. The molecule has 0 aliphatic rings. The van der Waals surface area contributed by atoms with Crippen LogP contribution in [0.5, 0.6) is 0 Å². The van der Waals surface area contributed by atoms with Crippen LogP contribution < -0.4 is 4.90 Å². The van der Waals surface area contributed by atoms with Gasteiger partial charge in [0.1, 0.15) is 11.2 Å². The highest BCUT2D eigenvalue weighted by atomic mass is 16.3. The monoisotopic (exact) mass is 663 g/mol. The van der Waals surface area contributed by atoms with E-state index in [-0.39, 0.29) is 0 Å². The molecule has 0 saturated carbocycles. The summed E-state index contributed by atoms with van der Waals surface area (Å²) in [5.74, 6) is 0. The van der Waals surface area contributed by atoms with Crippen LogP contribution in [0.4, 0.5) is 17.1 Å². The van der Waals surface area contributed by atoms with E-state index in [1.54, 1.807) is 0 Å². The largest absolute Gasteiger partial charge is 0.455 e. The van der Waals surface area contributed by atoms with E-state index < -0.39 is 0 Å². The van der Waals surface area contributed by atoms with E-state index in [9.17, 15) is 0 Å². The minimum absolute atomic E-state index is 0.944. The van der Waals surface area contributed by atoms with E-state index >= 15 is 0 Å². The van der Waals surface area contributed by atoms with Crippen LogP contribution in [-0.4, -0.2) is 0 Å². The number of hydrogen-bond donors (Lipinski definition) is 0. The first kappa shape index (κ1) is 30.0. The quantitative estimate of drug-likeness (QED) is 0.158. The molecular formula is C50H33NO. The lowest BCUT2D eigenvalue weighted by Gasteiger charge is -2.26. The Morgan fingerprint density at radius 2 is 0.712 bits per heavy atom. The van der Waals surface area contributed by atoms with Crippen LogP contribution in [0.2, 0.25) is 0 Å². The van der Waals surface area contributed by atoms with Gasteiger partial charge in [0.05, 0.1) is 0 Å². The summed E-state index contributed by atoms with van der Waals surface area (Å²) in [5.41, 5.74) is 14.7. The molecule has 0 atom stereocenters. The van der Waals surface area contributed by atoms with E-state index in [2.05, 4.69) is 205 Å². The summed E-state index contributed by atoms with van der Waals surface area (Å²) < 4.78 is 6.45. The molecule has 1 aromatic heterocycles. The molecule has 0 aliphatic heterocycles. The summed E-state index contributed by atoms with van der Waals surface area (Å²) in [4.78, 5) is 2.31. The van der Waals surface area contributed by atoms with Gasteiger partial charge in [-0.25, -0.2) is 0 Å². The van der Waals surface area contributed by atoms with Crippen LogP contribution in [-0.2, 0) is 0 Å². The molecule has 2 nitrogen and oxygen atoms in total. The van der Waals surface area contributed by atoms with Crippen LogP contribution in [0.3, 0.4) is 0 Å². The van der Waals surface area contributed by atoms with Crippen molar-refractivity contribution in [2.75, 3.05) is 4.90 Å². The number of para-hydroxylation sites is 1. The van der Waals surface area contributed by atoms with Gasteiger partial charge in [-0.2, -0.15) is 0 Å². The molecule has 2 heteroatoms. The van der Waals surface area contributed by atoms with Crippen molar-refractivity contribution in [3.05, 3.63) is 200 Å². The second kappa shape index (κ2) is 12.5. The highest BCUT2D eigenvalue weighted by molar-refractivity contribution is 6.24. The zero-order valence-corrected chi connectivity index (χ0v) is 28.4. The molecule has 0 fully saturated rings. The summed E-state index contributed by atoms with van der Waals surface area (Å²) in [6.07, 6.45) is 0. The fourth-order valence-electron chi connectivity index (χ4n) is 7.62. The van der Waals surface area contributed by atoms with Gasteiger partial charge >= 0.3 is 0 Å². The summed E-state index contributed by atoms with van der Waals surface area (Å²) in [5, 5.41) is 4.86. The van der Waals surface area contributed by atoms with Gasteiger partial charge in [0.2, 0.25) is 0 Å². The fraction of sp³-hybridized carbons (Fsp3) is 0. The van der Waals surface area contributed by atoms with Crippen molar-refractivity contribution in [1.29, 1.82) is 0 Å². The number of benzene rings is 9. The molecular weight excluding hydrogens is 631 g/mol. The van der Waals surface area contributed by atoms with Gasteiger partial charge in [-0.15, -0.1) is 0 Å². The molecule has 1 heterocycles. The number of furan rings is 1. The number of anilines is 3. The van der Waals surface area contributed by atoms with Gasteiger partial charge in [0, 0.05) is 33.4 Å². The highest BCUT2D eigenvalue weighted by Crippen LogP contribution is 2.42. The maximum absolute atomic E-state index is 6.45. The standard InChI is InChI=1S/C50H33NO/c1-3-8-34(9-4-1)38-24-29-44(30-25-38)51(43-11-5-2-6-12-43)45-31-26-39(27-32-45)36-16-14-35(15-17-36)37-18-20-40(21-19-37)46-33-28-42-23-22-41-10-7-13-47-48(41)49(42)50(46)52-47/h1-33H. The normalized spacial score (nSPS) is 11.5. The van der Waals surface area contributed by atoms with Crippen LogP contribution in [0, 0.1) is 0 Å². The molecule has 0 spiro atoms. The average Bonchev–Trinajstić information content (AvgIpc) is 3.63. The van der Waals surface area contributed by atoms with Crippen molar-refractivity contribution in [1.82, 2.24) is 0 Å². The topological polar surface area (TPSA) is 16.4 Å². The average molecular weight is 664 g/mol. The van der Waals surface area contributed by atoms with Crippen LogP contribution in [0.15, 0.2) is 205 Å². The molecule has 0 bridgehead atoms. The van der Waals surface area contributed by atoms with Gasteiger partial charge < -0.3 is 9.32 Å². The lowest BCUT2D eigenvalue weighted by molar-refractivity contribution is 0.670. The summed E-state index contributed by atoms with van der Waals surface area (Å²) in [6, 6.07) is 71.5. The smallest absolute Gasteiger partial charge is 0.143 e. The zero-order valence-electron chi connectivity index (χ0n) is 28.4. The lowest BCUT2D eigenvalue weighted by atomic mass is 9.95. The highest BCUT2D eigenvalue weighted by Gasteiger charge is 2.17. The van der Waals surface area contributed by atoms with E-state index in [1.165, 1.54) is 54.9 Å². The third-order valence-electron chi connectivity index (χ3n) is 10.3. The molecule has 9 aromatic carbocycles. The van der Waals surface area contributed by atoms with E-state index in [4.69, 9.17) is 4.42 Å². The molecule has 10 aromatic rings. The summed E-state index contributed by atoms with van der Waals surface area (Å²) in [7, 11) is 0. The molecule has 0 aliphatic carbocycles. The Hall–Kier alpha value is -6.90. The lowest BCUT2D eigenvalue weighted by Crippen LogP contribution is -2.09.